The van der Waals surface area contributed by atoms with Gasteiger partial charge in [-0.05, 0) is 46.2 Å². The Balaban J connectivity index is 0.000000638. The Morgan fingerprint density at radius 2 is 0.947 bits per heavy atom. The summed E-state index contributed by atoms with van der Waals surface area (Å²) in [6, 6.07) is 25.0. The van der Waals surface area contributed by atoms with Crippen molar-refractivity contribution in [1.82, 2.24) is 0 Å². The van der Waals surface area contributed by atoms with Gasteiger partial charge in [-0.3, -0.25) is 4.79 Å². The summed E-state index contributed by atoms with van der Waals surface area (Å²) in [5, 5.41) is 0. The number of Topliss-reactive ketones (excluding diaryl/α,β-unsaturated/α-hetero) is 1. The van der Waals surface area contributed by atoms with Gasteiger partial charge >= 0.3 is 33.0 Å². The van der Waals surface area contributed by atoms with Gasteiger partial charge in [0.15, 0.2) is 25.5 Å². The molecular weight excluding hydrogens is 545 g/mol. The van der Waals surface area contributed by atoms with Crippen LogP contribution in [0.2, 0.25) is 0 Å². The third kappa shape index (κ3) is 10.3. The number of ketones is 1. The number of carbonyl (C=O) groups is 1. The third-order valence-electron chi connectivity index (χ3n) is 5.63. The first-order valence-corrected chi connectivity index (χ1v) is 15.5. The van der Waals surface area contributed by atoms with E-state index in [4.69, 9.17) is 0 Å². The molecule has 0 bridgehead atoms. The van der Waals surface area contributed by atoms with Crippen LogP contribution >= 0.6 is 7.81 Å². The van der Waals surface area contributed by atoms with E-state index in [2.05, 4.69) is 41.5 Å². The summed E-state index contributed by atoms with van der Waals surface area (Å²) in [7, 11) is -13.4. The summed E-state index contributed by atoms with van der Waals surface area (Å²) in [4.78, 5) is 14.5. The van der Waals surface area contributed by atoms with Gasteiger partial charge in [-0.15, -0.1) is 0 Å². The molecule has 0 spiro atoms. The van der Waals surface area contributed by atoms with E-state index in [1.807, 2.05) is 66.7 Å². The summed E-state index contributed by atoms with van der Waals surface area (Å²) in [5.74, 6) is -0.147. The molecule has 0 aliphatic rings. The van der Waals surface area contributed by atoms with Gasteiger partial charge < -0.3 is 0 Å². The monoisotopic (exact) mass is 578 g/mol. The number of benzene rings is 3. The fraction of sp³-hybridized carbons (Fsp3) is 0.321. The summed E-state index contributed by atoms with van der Waals surface area (Å²) < 4.78 is 73.7. The van der Waals surface area contributed by atoms with Crippen molar-refractivity contribution in [3.63, 3.8) is 0 Å². The molecule has 0 saturated heterocycles. The van der Waals surface area contributed by atoms with Gasteiger partial charge in [-0.1, -0.05) is 100 Å². The molecule has 0 atom stereocenters. The Bertz CT molecular complexity index is 1230. The van der Waals surface area contributed by atoms with Crippen molar-refractivity contribution in [3.8, 4) is 0 Å². The first-order valence-electron chi connectivity index (χ1n) is 11.7. The van der Waals surface area contributed by atoms with Gasteiger partial charge in [0, 0.05) is 5.56 Å². The SMILES string of the molecule is CC(C)(C)c1ccc([S+](=O)(CC(=O)c2ccccc2)c2ccc(C(C)(C)C)cc2)cc1.F[P-](F)(F)(F)(F)F. The number of hydrogen-bond acceptors (Lipinski definition) is 2. The molecule has 0 amide bonds. The van der Waals surface area contributed by atoms with Crippen LogP contribution in [0.15, 0.2) is 88.7 Å². The Morgan fingerprint density at radius 3 is 1.24 bits per heavy atom. The number of halogens is 6. The average Bonchev–Trinajstić information content (AvgIpc) is 2.76. The van der Waals surface area contributed by atoms with Crippen LogP contribution in [-0.2, 0) is 25.0 Å². The normalized spacial score (nSPS) is 14.5. The molecule has 0 N–H and O–H groups in total. The van der Waals surface area contributed by atoms with Crippen LogP contribution < -0.4 is 0 Å². The molecule has 3 aromatic rings. The Morgan fingerprint density at radius 1 is 0.632 bits per heavy atom. The average molecular weight is 579 g/mol. The number of hydrogen-bond donors (Lipinski definition) is 0. The second-order valence-corrected chi connectivity index (χ2v) is 15.6. The van der Waals surface area contributed by atoms with Crippen LogP contribution in [0.25, 0.3) is 0 Å². The molecule has 2 nitrogen and oxygen atoms in total. The van der Waals surface area contributed by atoms with Crippen LogP contribution in [0.5, 0.6) is 0 Å². The molecule has 0 saturated carbocycles. The van der Waals surface area contributed by atoms with Gasteiger partial charge in [-0.2, -0.15) is 0 Å². The molecule has 0 unspecified atom stereocenters. The Labute approximate surface area is 221 Å². The maximum absolute atomic E-state index is 14.5. The van der Waals surface area contributed by atoms with Crippen molar-refractivity contribution in [3.05, 3.63) is 95.6 Å². The number of rotatable bonds is 5. The van der Waals surface area contributed by atoms with Crippen molar-refractivity contribution in [1.29, 1.82) is 0 Å². The molecule has 10 heteroatoms. The second-order valence-electron chi connectivity index (χ2n) is 11.1. The second kappa shape index (κ2) is 9.91. The maximum atomic E-state index is 14.5. The van der Waals surface area contributed by atoms with Crippen molar-refractivity contribution < 1.29 is 34.2 Å². The van der Waals surface area contributed by atoms with E-state index in [0.29, 0.717) is 15.4 Å². The van der Waals surface area contributed by atoms with E-state index in [-0.39, 0.29) is 22.4 Å². The van der Waals surface area contributed by atoms with Gasteiger partial charge in [-0.25, -0.2) is 0 Å². The molecule has 3 aromatic carbocycles. The summed E-state index contributed by atoms with van der Waals surface area (Å²) in [6.07, 6.45) is 0. The summed E-state index contributed by atoms with van der Waals surface area (Å²) >= 11 is 0. The van der Waals surface area contributed by atoms with Gasteiger partial charge in [0.1, 0.15) is 0 Å². The molecule has 38 heavy (non-hydrogen) atoms. The van der Waals surface area contributed by atoms with Crippen LogP contribution in [-0.4, -0.2) is 11.5 Å². The van der Waals surface area contributed by atoms with Crippen molar-refractivity contribution in [2.75, 3.05) is 5.75 Å². The standard InChI is InChI=1S/C28H33O2S.F6P/c1-27(2,3)22-12-16-24(17-13-22)31(30,20-26(29)21-10-8-7-9-11-21)25-18-14-23(15-19-25)28(4,5)6;1-7(2,3,4,5)6/h7-19H,20H2,1-6H3;/q+1;-1. The molecule has 210 valence electrons. The van der Waals surface area contributed by atoms with Gasteiger partial charge in [0.05, 0.1) is 0 Å². The first-order chi connectivity index (χ1) is 16.9. The minimum atomic E-state index is -10.7. The van der Waals surface area contributed by atoms with Crippen LogP contribution in [0, 0.1) is 0 Å². The summed E-state index contributed by atoms with van der Waals surface area (Å²) in [6.45, 7) is 12.9. The Hall–Kier alpha value is -2.51. The zero-order valence-electron chi connectivity index (χ0n) is 22.2. The predicted octanol–water partition coefficient (Wildman–Crippen LogP) is 10.5. The van der Waals surface area contributed by atoms with Gasteiger partial charge in [0.25, 0.3) is 0 Å². The number of carbonyl (C=O) groups excluding carboxylic acids is 1. The van der Waals surface area contributed by atoms with E-state index in [1.165, 1.54) is 11.1 Å². The summed E-state index contributed by atoms with van der Waals surface area (Å²) in [5.41, 5.74) is 2.96. The minimum absolute atomic E-state index is 0.00756. The van der Waals surface area contributed by atoms with Crippen molar-refractivity contribution in [2.24, 2.45) is 0 Å². The van der Waals surface area contributed by atoms with Crippen molar-refractivity contribution in [2.45, 2.75) is 62.2 Å². The van der Waals surface area contributed by atoms with E-state index < -0.39 is 17.7 Å². The van der Waals surface area contributed by atoms with Crippen molar-refractivity contribution >= 4 is 23.5 Å². The van der Waals surface area contributed by atoms with E-state index in [1.54, 1.807) is 12.1 Å². The van der Waals surface area contributed by atoms with E-state index in [0.717, 1.165) is 0 Å². The molecule has 0 radical (unpaired) electrons. The molecular formula is C28H33F6O2PS. The van der Waals surface area contributed by atoms with Gasteiger partial charge in [0.2, 0.25) is 5.78 Å². The Kier molecular flexibility index (Phi) is 8.27. The van der Waals surface area contributed by atoms with Crippen LogP contribution in [0.4, 0.5) is 25.2 Å². The van der Waals surface area contributed by atoms with Crippen LogP contribution in [0.3, 0.4) is 0 Å². The molecule has 3 rings (SSSR count). The molecule has 0 aliphatic heterocycles. The topological polar surface area (TPSA) is 34.1 Å². The molecule has 0 aliphatic carbocycles. The van der Waals surface area contributed by atoms with Crippen LogP contribution in [0.1, 0.15) is 63.0 Å². The first kappa shape index (κ1) is 31.7. The quantitative estimate of drug-likeness (QED) is 0.131. The zero-order valence-corrected chi connectivity index (χ0v) is 23.9. The molecule has 0 heterocycles. The predicted molar refractivity (Wildman–Crippen MR) is 144 cm³/mol. The fourth-order valence-electron chi connectivity index (χ4n) is 3.54. The zero-order chi connectivity index (χ0) is 29.3. The third-order valence-corrected chi connectivity index (χ3v) is 8.37. The van der Waals surface area contributed by atoms with E-state index in [9.17, 15) is 34.2 Å². The molecule has 0 fully saturated rings. The van der Waals surface area contributed by atoms with E-state index >= 15 is 0 Å². The molecule has 0 aromatic heterocycles. The fourth-order valence-corrected chi connectivity index (χ4v) is 5.84.